The SMILES string of the molecule is COC(=O)c1cc(NC(=O)CN(C)S(=O)(=O)c2cc(Cl)ccc2OC)cc(C(=O)OC)c1. The summed E-state index contributed by atoms with van der Waals surface area (Å²) >= 11 is 5.91. The topological polar surface area (TPSA) is 128 Å². The standard InChI is InChI=1S/C20H21ClN2O8S/c1-23(32(27,28)17-10-14(21)5-6-16(17)29-2)11-18(24)22-15-8-12(19(25)30-3)7-13(9-15)20(26)31-4/h5-10H,11H2,1-4H3,(H,22,24). The Bertz CT molecular complexity index is 1120. The number of amides is 1. The molecule has 0 aliphatic carbocycles. The van der Waals surface area contributed by atoms with Gasteiger partial charge in [0.1, 0.15) is 10.6 Å². The lowest BCUT2D eigenvalue weighted by Gasteiger charge is -2.19. The quantitative estimate of drug-likeness (QED) is 0.564. The number of esters is 2. The van der Waals surface area contributed by atoms with Gasteiger partial charge in [-0.05, 0) is 36.4 Å². The van der Waals surface area contributed by atoms with Crippen molar-refractivity contribution in [1.29, 1.82) is 0 Å². The van der Waals surface area contributed by atoms with Gasteiger partial charge < -0.3 is 19.5 Å². The highest BCUT2D eigenvalue weighted by atomic mass is 35.5. The van der Waals surface area contributed by atoms with Gasteiger partial charge in [-0.25, -0.2) is 18.0 Å². The molecule has 0 fully saturated rings. The summed E-state index contributed by atoms with van der Waals surface area (Å²) in [7, 11) is 0.712. The number of ether oxygens (including phenoxy) is 3. The van der Waals surface area contributed by atoms with Crippen molar-refractivity contribution in [2.75, 3.05) is 40.2 Å². The van der Waals surface area contributed by atoms with Crippen LogP contribution in [0.3, 0.4) is 0 Å². The number of methoxy groups -OCH3 is 3. The van der Waals surface area contributed by atoms with Gasteiger partial charge in [-0.3, -0.25) is 4.79 Å². The molecule has 12 heteroatoms. The van der Waals surface area contributed by atoms with Crippen LogP contribution < -0.4 is 10.1 Å². The van der Waals surface area contributed by atoms with Crippen molar-refractivity contribution >= 4 is 45.2 Å². The molecule has 0 bridgehead atoms. The molecule has 172 valence electrons. The summed E-state index contributed by atoms with van der Waals surface area (Å²) in [6, 6.07) is 7.90. The molecular weight excluding hydrogens is 464 g/mol. The van der Waals surface area contributed by atoms with E-state index in [0.29, 0.717) is 0 Å². The second-order valence-electron chi connectivity index (χ2n) is 6.39. The zero-order valence-corrected chi connectivity index (χ0v) is 19.2. The second kappa shape index (κ2) is 10.4. The van der Waals surface area contributed by atoms with Gasteiger partial charge in [0.25, 0.3) is 0 Å². The van der Waals surface area contributed by atoms with Crippen LogP contribution in [0.4, 0.5) is 5.69 Å². The van der Waals surface area contributed by atoms with E-state index in [4.69, 9.17) is 16.3 Å². The van der Waals surface area contributed by atoms with Gasteiger partial charge >= 0.3 is 11.9 Å². The molecule has 0 aromatic heterocycles. The fraction of sp³-hybridized carbons (Fsp3) is 0.250. The second-order valence-corrected chi connectivity index (χ2v) is 8.84. The zero-order valence-electron chi connectivity index (χ0n) is 17.7. The number of rotatable bonds is 8. The predicted molar refractivity (Wildman–Crippen MR) is 116 cm³/mol. The van der Waals surface area contributed by atoms with Gasteiger partial charge in [-0.1, -0.05) is 11.6 Å². The van der Waals surface area contributed by atoms with Gasteiger partial charge in [0.15, 0.2) is 0 Å². The maximum Gasteiger partial charge on any atom is 0.337 e. The minimum atomic E-state index is -4.13. The first-order valence-electron chi connectivity index (χ1n) is 8.95. The summed E-state index contributed by atoms with van der Waals surface area (Å²) < 4.78 is 41.0. The number of nitrogens with zero attached hydrogens (tertiary/aromatic N) is 1. The average Bonchev–Trinajstić information content (AvgIpc) is 2.77. The summed E-state index contributed by atoms with van der Waals surface area (Å²) in [5.41, 5.74) is 0.0649. The summed E-state index contributed by atoms with van der Waals surface area (Å²) in [6.45, 7) is -0.575. The molecule has 0 spiro atoms. The highest BCUT2D eigenvalue weighted by Gasteiger charge is 2.27. The van der Waals surface area contributed by atoms with Gasteiger partial charge in [0, 0.05) is 17.8 Å². The monoisotopic (exact) mass is 484 g/mol. The maximum atomic E-state index is 12.9. The number of sulfonamides is 1. The van der Waals surface area contributed by atoms with E-state index in [1.54, 1.807) is 0 Å². The largest absolute Gasteiger partial charge is 0.495 e. The van der Waals surface area contributed by atoms with Crippen molar-refractivity contribution in [3.63, 3.8) is 0 Å². The number of carbonyl (C=O) groups excluding carboxylic acids is 3. The lowest BCUT2D eigenvalue weighted by Crippen LogP contribution is -2.35. The minimum Gasteiger partial charge on any atom is -0.495 e. The molecule has 0 unspecified atom stereocenters. The molecule has 0 radical (unpaired) electrons. The molecule has 32 heavy (non-hydrogen) atoms. The van der Waals surface area contributed by atoms with Crippen LogP contribution in [0.5, 0.6) is 5.75 Å². The average molecular weight is 485 g/mol. The van der Waals surface area contributed by atoms with Crippen LogP contribution in [0.1, 0.15) is 20.7 Å². The van der Waals surface area contributed by atoms with Gasteiger partial charge in [-0.2, -0.15) is 4.31 Å². The molecule has 0 heterocycles. The van der Waals surface area contributed by atoms with E-state index in [-0.39, 0.29) is 32.5 Å². The summed E-state index contributed by atoms with van der Waals surface area (Å²) in [6.07, 6.45) is 0. The van der Waals surface area contributed by atoms with Gasteiger partial charge in [0.05, 0.1) is 39.0 Å². The van der Waals surface area contributed by atoms with Crippen LogP contribution in [0.2, 0.25) is 5.02 Å². The van der Waals surface area contributed by atoms with E-state index in [2.05, 4.69) is 14.8 Å². The third-order valence-electron chi connectivity index (χ3n) is 4.24. The third-order valence-corrected chi connectivity index (χ3v) is 6.30. The Kier molecular flexibility index (Phi) is 8.19. The number of hydrogen-bond donors (Lipinski definition) is 1. The predicted octanol–water partition coefficient (Wildman–Crippen LogP) is 2.18. The van der Waals surface area contributed by atoms with Gasteiger partial charge in [0.2, 0.25) is 15.9 Å². The first kappa shape index (κ1) is 25.1. The van der Waals surface area contributed by atoms with Crippen molar-refractivity contribution in [2.24, 2.45) is 0 Å². The highest BCUT2D eigenvalue weighted by molar-refractivity contribution is 7.89. The zero-order chi connectivity index (χ0) is 24.1. The lowest BCUT2D eigenvalue weighted by molar-refractivity contribution is -0.116. The fourth-order valence-electron chi connectivity index (χ4n) is 2.68. The molecule has 0 atom stereocenters. The van der Waals surface area contributed by atoms with E-state index in [1.807, 2.05) is 0 Å². The molecule has 2 rings (SSSR count). The van der Waals surface area contributed by atoms with Crippen LogP contribution in [0, 0.1) is 0 Å². The third kappa shape index (κ3) is 5.75. The lowest BCUT2D eigenvalue weighted by atomic mass is 10.1. The smallest absolute Gasteiger partial charge is 0.337 e. The fourth-order valence-corrected chi connectivity index (χ4v) is 4.22. The molecule has 1 N–H and O–H groups in total. The number of carbonyl (C=O) groups is 3. The van der Waals surface area contributed by atoms with E-state index < -0.39 is 34.4 Å². The first-order valence-corrected chi connectivity index (χ1v) is 10.8. The van der Waals surface area contributed by atoms with Crippen LogP contribution in [0.15, 0.2) is 41.3 Å². The van der Waals surface area contributed by atoms with Crippen LogP contribution in [-0.4, -0.2) is 65.5 Å². The van der Waals surface area contributed by atoms with Crippen LogP contribution in [0.25, 0.3) is 0 Å². The number of halogens is 1. The summed E-state index contributed by atoms with van der Waals surface area (Å²) in [5, 5.41) is 2.64. The Hall–Kier alpha value is -3.15. The molecule has 0 aliphatic rings. The molecule has 10 nitrogen and oxygen atoms in total. The number of anilines is 1. The maximum absolute atomic E-state index is 12.9. The number of likely N-dealkylation sites (N-methyl/N-ethyl adjacent to an activating group) is 1. The van der Waals surface area contributed by atoms with Crippen molar-refractivity contribution in [3.8, 4) is 5.75 Å². The van der Waals surface area contributed by atoms with E-state index in [0.717, 1.165) is 18.5 Å². The van der Waals surface area contributed by atoms with Crippen molar-refractivity contribution in [3.05, 3.63) is 52.5 Å². The highest BCUT2D eigenvalue weighted by Crippen LogP contribution is 2.29. The minimum absolute atomic E-state index is 0.00431. The van der Waals surface area contributed by atoms with E-state index >= 15 is 0 Å². The van der Waals surface area contributed by atoms with Crippen molar-refractivity contribution < 1.29 is 37.0 Å². The van der Waals surface area contributed by atoms with Crippen LogP contribution in [-0.2, 0) is 24.3 Å². The van der Waals surface area contributed by atoms with Crippen LogP contribution >= 0.6 is 11.6 Å². The summed E-state index contributed by atoms with van der Waals surface area (Å²) in [5.74, 6) is -2.14. The Balaban J connectivity index is 2.27. The Morgan fingerprint density at radius 2 is 1.53 bits per heavy atom. The molecule has 2 aromatic rings. The molecule has 0 aliphatic heterocycles. The first-order chi connectivity index (χ1) is 15.0. The van der Waals surface area contributed by atoms with E-state index in [1.165, 1.54) is 50.6 Å². The number of hydrogen-bond acceptors (Lipinski definition) is 8. The Morgan fingerprint density at radius 3 is 2.03 bits per heavy atom. The van der Waals surface area contributed by atoms with Gasteiger partial charge in [-0.15, -0.1) is 0 Å². The Morgan fingerprint density at radius 1 is 0.969 bits per heavy atom. The summed E-state index contributed by atoms with van der Waals surface area (Å²) in [4.78, 5) is 36.1. The normalized spacial score (nSPS) is 11.1. The number of benzene rings is 2. The Labute approximate surface area is 190 Å². The molecular formula is C20H21ClN2O8S. The van der Waals surface area contributed by atoms with Crippen molar-refractivity contribution in [1.82, 2.24) is 4.31 Å². The van der Waals surface area contributed by atoms with E-state index in [9.17, 15) is 22.8 Å². The van der Waals surface area contributed by atoms with Crippen molar-refractivity contribution in [2.45, 2.75) is 4.90 Å². The molecule has 1 amide bonds. The number of nitrogens with one attached hydrogen (secondary N) is 1. The molecule has 0 saturated carbocycles. The molecule has 0 saturated heterocycles. The molecule has 2 aromatic carbocycles.